The van der Waals surface area contributed by atoms with Gasteiger partial charge in [-0.25, -0.2) is 9.97 Å². The van der Waals surface area contributed by atoms with Crippen LogP contribution >= 0.6 is 0 Å². The standard InChI is InChI=1S/C19H25N5O/c1-14-5-4-12-24(13-14)18(25)17-10-11-20-19(22-17)21-15-6-8-16(9-7-15)23(2)3/h6-11,14H,4-5,12-13H2,1-3H3,(H,20,21,22). The first kappa shape index (κ1) is 17.2. The summed E-state index contributed by atoms with van der Waals surface area (Å²) < 4.78 is 0. The van der Waals surface area contributed by atoms with Gasteiger partial charge in [-0.3, -0.25) is 4.79 Å². The van der Waals surface area contributed by atoms with Gasteiger partial charge in [-0.1, -0.05) is 6.92 Å². The van der Waals surface area contributed by atoms with Gasteiger partial charge in [0, 0.05) is 44.8 Å². The molecule has 25 heavy (non-hydrogen) atoms. The van der Waals surface area contributed by atoms with E-state index in [1.807, 2.05) is 48.2 Å². The largest absolute Gasteiger partial charge is 0.378 e. The van der Waals surface area contributed by atoms with Crippen molar-refractivity contribution in [3.05, 3.63) is 42.2 Å². The number of hydrogen-bond acceptors (Lipinski definition) is 5. The molecule has 1 saturated heterocycles. The number of carbonyl (C=O) groups excluding carboxylic acids is 1. The topological polar surface area (TPSA) is 61.4 Å². The predicted octanol–water partition coefficient (Wildman–Crippen LogP) is 3.16. The van der Waals surface area contributed by atoms with E-state index in [0.717, 1.165) is 30.9 Å². The number of rotatable bonds is 4. The average Bonchev–Trinajstić information content (AvgIpc) is 2.62. The van der Waals surface area contributed by atoms with Crippen molar-refractivity contribution in [3.8, 4) is 0 Å². The Labute approximate surface area is 148 Å². The summed E-state index contributed by atoms with van der Waals surface area (Å²) in [4.78, 5) is 25.2. The van der Waals surface area contributed by atoms with Crippen molar-refractivity contribution in [2.24, 2.45) is 5.92 Å². The lowest BCUT2D eigenvalue weighted by Gasteiger charge is -2.30. The minimum Gasteiger partial charge on any atom is -0.378 e. The van der Waals surface area contributed by atoms with Gasteiger partial charge in [-0.2, -0.15) is 0 Å². The number of aromatic nitrogens is 2. The molecule has 1 fully saturated rings. The summed E-state index contributed by atoms with van der Waals surface area (Å²) >= 11 is 0. The van der Waals surface area contributed by atoms with Gasteiger partial charge < -0.3 is 15.1 Å². The fourth-order valence-corrected chi connectivity index (χ4v) is 3.05. The molecule has 0 saturated carbocycles. The summed E-state index contributed by atoms with van der Waals surface area (Å²) in [5, 5.41) is 3.17. The van der Waals surface area contributed by atoms with Gasteiger partial charge in [-0.05, 0) is 49.1 Å². The zero-order valence-corrected chi connectivity index (χ0v) is 15.1. The first-order chi connectivity index (χ1) is 12.0. The maximum Gasteiger partial charge on any atom is 0.272 e. The molecule has 1 unspecified atom stereocenters. The second kappa shape index (κ2) is 7.51. The van der Waals surface area contributed by atoms with Crippen LogP contribution in [0.5, 0.6) is 0 Å². The molecule has 1 aromatic carbocycles. The van der Waals surface area contributed by atoms with Crippen LogP contribution in [-0.2, 0) is 0 Å². The van der Waals surface area contributed by atoms with Gasteiger partial charge in [0.25, 0.3) is 5.91 Å². The van der Waals surface area contributed by atoms with Crippen LogP contribution in [0.25, 0.3) is 0 Å². The number of nitrogens with zero attached hydrogens (tertiary/aromatic N) is 4. The van der Waals surface area contributed by atoms with Crippen LogP contribution in [-0.4, -0.2) is 48.0 Å². The Morgan fingerprint density at radius 3 is 2.68 bits per heavy atom. The Bertz CT molecular complexity index is 729. The Morgan fingerprint density at radius 1 is 1.24 bits per heavy atom. The van der Waals surface area contributed by atoms with E-state index >= 15 is 0 Å². The number of carbonyl (C=O) groups is 1. The highest BCUT2D eigenvalue weighted by atomic mass is 16.2. The Balaban J connectivity index is 1.71. The number of benzene rings is 1. The lowest BCUT2D eigenvalue weighted by atomic mass is 10.00. The highest BCUT2D eigenvalue weighted by molar-refractivity contribution is 5.92. The fraction of sp³-hybridized carbons (Fsp3) is 0.421. The molecule has 1 aromatic heterocycles. The van der Waals surface area contributed by atoms with E-state index in [4.69, 9.17) is 0 Å². The van der Waals surface area contributed by atoms with E-state index in [-0.39, 0.29) is 5.91 Å². The summed E-state index contributed by atoms with van der Waals surface area (Å²) in [6.07, 6.45) is 3.87. The molecule has 2 aromatic rings. The molecule has 0 radical (unpaired) electrons. The third-order valence-electron chi connectivity index (χ3n) is 4.46. The zero-order chi connectivity index (χ0) is 17.8. The highest BCUT2D eigenvalue weighted by Gasteiger charge is 2.23. The van der Waals surface area contributed by atoms with Gasteiger partial charge in [0.2, 0.25) is 5.95 Å². The maximum absolute atomic E-state index is 12.7. The lowest BCUT2D eigenvalue weighted by molar-refractivity contribution is 0.0677. The third-order valence-corrected chi connectivity index (χ3v) is 4.46. The summed E-state index contributed by atoms with van der Waals surface area (Å²) in [7, 11) is 4.00. The molecule has 3 rings (SSSR count). The lowest BCUT2D eigenvalue weighted by Crippen LogP contribution is -2.39. The van der Waals surface area contributed by atoms with E-state index in [9.17, 15) is 4.79 Å². The zero-order valence-electron chi connectivity index (χ0n) is 15.1. The van der Waals surface area contributed by atoms with Crippen LogP contribution in [0.1, 0.15) is 30.3 Å². The number of piperidine rings is 1. The molecule has 6 nitrogen and oxygen atoms in total. The number of likely N-dealkylation sites (tertiary alicyclic amines) is 1. The average molecular weight is 339 g/mol. The molecule has 1 amide bonds. The van der Waals surface area contributed by atoms with Gasteiger partial charge >= 0.3 is 0 Å². The van der Waals surface area contributed by atoms with E-state index in [2.05, 4.69) is 22.2 Å². The summed E-state index contributed by atoms with van der Waals surface area (Å²) in [5.41, 5.74) is 2.45. The van der Waals surface area contributed by atoms with Gasteiger partial charge in [0.1, 0.15) is 5.69 Å². The first-order valence-corrected chi connectivity index (χ1v) is 8.69. The number of amides is 1. The molecular weight excluding hydrogens is 314 g/mol. The maximum atomic E-state index is 12.7. The number of hydrogen-bond donors (Lipinski definition) is 1. The third kappa shape index (κ3) is 4.26. The van der Waals surface area contributed by atoms with Gasteiger partial charge in [-0.15, -0.1) is 0 Å². The van der Waals surface area contributed by atoms with Crippen LogP contribution in [0.3, 0.4) is 0 Å². The van der Waals surface area contributed by atoms with Crippen LogP contribution in [0.4, 0.5) is 17.3 Å². The van der Waals surface area contributed by atoms with Gasteiger partial charge in [0.15, 0.2) is 0 Å². The highest BCUT2D eigenvalue weighted by Crippen LogP contribution is 2.20. The smallest absolute Gasteiger partial charge is 0.272 e. The number of nitrogens with one attached hydrogen (secondary N) is 1. The second-order valence-electron chi connectivity index (χ2n) is 6.83. The Kier molecular flexibility index (Phi) is 5.16. The van der Waals surface area contributed by atoms with E-state index in [0.29, 0.717) is 17.6 Å². The van der Waals surface area contributed by atoms with Crippen molar-refractivity contribution in [1.82, 2.24) is 14.9 Å². The Hall–Kier alpha value is -2.63. The monoisotopic (exact) mass is 339 g/mol. The second-order valence-corrected chi connectivity index (χ2v) is 6.83. The van der Waals surface area contributed by atoms with E-state index in [1.165, 1.54) is 6.42 Å². The SMILES string of the molecule is CC1CCCN(C(=O)c2ccnc(Nc3ccc(N(C)C)cc3)n2)C1. The van der Waals surface area contributed by atoms with E-state index in [1.54, 1.807) is 12.3 Å². The van der Waals surface area contributed by atoms with Crippen molar-refractivity contribution in [1.29, 1.82) is 0 Å². The molecule has 1 aliphatic heterocycles. The van der Waals surface area contributed by atoms with Crippen molar-refractivity contribution in [2.75, 3.05) is 37.4 Å². The quantitative estimate of drug-likeness (QED) is 0.927. The van der Waals surface area contributed by atoms with Crippen molar-refractivity contribution in [2.45, 2.75) is 19.8 Å². The molecule has 1 N–H and O–H groups in total. The summed E-state index contributed by atoms with van der Waals surface area (Å²) in [6, 6.07) is 9.67. The van der Waals surface area contributed by atoms with Gasteiger partial charge in [0.05, 0.1) is 0 Å². The normalized spacial score (nSPS) is 17.2. The molecule has 6 heteroatoms. The Morgan fingerprint density at radius 2 is 2.00 bits per heavy atom. The van der Waals surface area contributed by atoms with Crippen molar-refractivity contribution in [3.63, 3.8) is 0 Å². The molecule has 1 aliphatic rings. The van der Waals surface area contributed by atoms with Crippen LogP contribution < -0.4 is 10.2 Å². The van der Waals surface area contributed by atoms with E-state index < -0.39 is 0 Å². The molecule has 0 bridgehead atoms. The number of anilines is 3. The first-order valence-electron chi connectivity index (χ1n) is 8.69. The van der Waals surface area contributed by atoms with Crippen molar-refractivity contribution >= 4 is 23.2 Å². The molecule has 0 spiro atoms. The minimum absolute atomic E-state index is 0.0139. The molecule has 0 aliphatic carbocycles. The fourth-order valence-electron chi connectivity index (χ4n) is 3.05. The molecular formula is C19H25N5O. The van der Waals surface area contributed by atoms with Crippen LogP contribution in [0.2, 0.25) is 0 Å². The van der Waals surface area contributed by atoms with Crippen LogP contribution in [0.15, 0.2) is 36.5 Å². The van der Waals surface area contributed by atoms with Crippen molar-refractivity contribution < 1.29 is 4.79 Å². The predicted molar refractivity (Wildman–Crippen MR) is 100 cm³/mol. The molecule has 132 valence electrons. The minimum atomic E-state index is -0.0139. The summed E-state index contributed by atoms with van der Waals surface area (Å²) in [6.45, 7) is 3.79. The molecule has 1 atom stereocenters. The summed E-state index contributed by atoms with van der Waals surface area (Å²) in [5.74, 6) is 0.973. The van der Waals surface area contributed by atoms with Crippen LogP contribution in [0, 0.1) is 5.92 Å². The molecule has 2 heterocycles.